The first-order chi connectivity index (χ1) is 15.7. The lowest BCUT2D eigenvalue weighted by atomic mass is 10.2. The van der Waals surface area contributed by atoms with E-state index in [2.05, 4.69) is 15.5 Å². The quantitative estimate of drug-likeness (QED) is 0.418. The Bertz CT molecular complexity index is 1220. The van der Waals surface area contributed by atoms with Gasteiger partial charge in [-0.15, -0.1) is 10.2 Å². The summed E-state index contributed by atoms with van der Waals surface area (Å²) in [5, 5.41) is 11.9. The number of nitrogens with one attached hydrogen (secondary N) is 1. The van der Waals surface area contributed by atoms with E-state index in [1.807, 2.05) is 54.0 Å². The predicted molar refractivity (Wildman–Crippen MR) is 120 cm³/mol. The molecule has 162 valence electrons. The second-order valence-corrected chi connectivity index (χ2v) is 8.46. The van der Waals surface area contributed by atoms with Crippen molar-refractivity contribution in [2.45, 2.75) is 23.9 Å². The number of hydrogen-bond donors (Lipinski definition) is 1. The van der Waals surface area contributed by atoms with Gasteiger partial charge in [0.25, 0.3) is 0 Å². The molecule has 2 aromatic heterocycles. The third-order valence-corrected chi connectivity index (χ3v) is 6.01. The number of ether oxygens (including phenoxy) is 2. The minimum atomic E-state index is -0.413. The molecule has 2 aromatic carbocycles. The summed E-state index contributed by atoms with van der Waals surface area (Å²) in [7, 11) is 0. The molecule has 0 radical (unpaired) electrons. The molecule has 1 amide bonds. The highest BCUT2D eigenvalue weighted by atomic mass is 32.2. The van der Waals surface area contributed by atoms with Gasteiger partial charge in [0.1, 0.15) is 5.76 Å². The van der Waals surface area contributed by atoms with E-state index in [0.717, 1.165) is 11.3 Å². The lowest BCUT2D eigenvalue weighted by molar-refractivity contribution is -0.115. The fourth-order valence-corrected chi connectivity index (χ4v) is 4.16. The molecule has 1 aliphatic rings. The predicted octanol–water partition coefficient (Wildman–Crippen LogP) is 4.43. The average Bonchev–Trinajstić information content (AvgIpc) is 3.56. The van der Waals surface area contributed by atoms with Crippen molar-refractivity contribution >= 4 is 23.4 Å². The Hall–Kier alpha value is -3.72. The zero-order chi connectivity index (χ0) is 21.9. The van der Waals surface area contributed by atoms with Crippen LogP contribution in [0.3, 0.4) is 0 Å². The number of benzene rings is 2. The van der Waals surface area contributed by atoms with Gasteiger partial charge in [0.05, 0.1) is 18.1 Å². The number of rotatable bonds is 7. The summed E-state index contributed by atoms with van der Waals surface area (Å²) in [6.07, 6.45) is 1.64. The van der Waals surface area contributed by atoms with Crippen molar-refractivity contribution in [2.75, 3.05) is 12.1 Å². The van der Waals surface area contributed by atoms with E-state index < -0.39 is 5.25 Å². The molecule has 5 rings (SSSR count). The summed E-state index contributed by atoms with van der Waals surface area (Å²) in [5.41, 5.74) is 1.59. The number of carbonyl (C=O) groups is 1. The van der Waals surface area contributed by atoms with Crippen LogP contribution in [0.15, 0.2) is 76.5 Å². The first-order valence-corrected chi connectivity index (χ1v) is 10.9. The van der Waals surface area contributed by atoms with Gasteiger partial charge in [0.15, 0.2) is 22.5 Å². The zero-order valence-corrected chi connectivity index (χ0v) is 18.0. The Morgan fingerprint density at radius 2 is 1.94 bits per heavy atom. The molecule has 1 N–H and O–H groups in total. The fourth-order valence-electron chi connectivity index (χ4n) is 3.31. The average molecular weight is 449 g/mol. The first-order valence-electron chi connectivity index (χ1n) is 10.1. The smallest absolute Gasteiger partial charge is 0.237 e. The van der Waals surface area contributed by atoms with Crippen LogP contribution in [-0.2, 0) is 11.3 Å². The molecule has 0 aliphatic carbocycles. The van der Waals surface area contributed by atoms with E-state index in [4.69, 9.17) is 13.9 Å². The molecule has 0 unspecified atom stereocenters. The number of carbonyl (C=O) groups excluding carboxylic acids is 1. The van der Waals surface area contributed by atoms with Gasteiger partial charge in [0, 0.05) is 17.3 Å². The molecule has 8 nitrogen and oxygen atoms in total. The van der Waals surface area contributed by atoms with Crippen LogP contribution >= 0.6 is 11.8 Å². The molecule has 0 saturated heterocycles. The van der Waals surface area contributed by atoms with Gasteiger partial charge < -0.3 is 19.2 Å². The summed E-state index contributed by atoms with van der Waals surface area (Å²) < 4.78 is 18.2. The number of fused-ring (bicyclic) bond motifs is 1. The van der Waals surface area contributed by atoms with Gasteiger partial charge in [-0.3, -0.25) is 9.36 Å². The van der Waals surface area contributed by atoms with Crippen molar-refractivity contribution in [1.82, 2.24) is 14.8 Å². The zero-order valence-electron chi connectivity index (χ0n) is 17.2. The van der Waals surface area contributed by atoms with Crippen molar-refractivity contribution in [3.05, 3.63) is 72.7 Å². The molecule has 32 heavy (non-hydrogen) atoms. The summed E-state index contributed by atoms with van der Waals surface area (Å²) in [4.78, 5) is 12.8. The highest BCUT2D eigenvalue weighted by molar-refractivity contribution is 8.00. The van der Waals surface area contributed by atoms with Gasteiger partial charge >= 0.3 is 0 Å². The number of amides is 1. The van der Waals surface area contributed by atoms with Crippen LogP contribution in [0.4, 0.5) is 5.69 Å². The van der Waals surface area contributed by atoms with Crippen molar-refractivity contribution in [3.63, 3.8) is 0 Å². The molecular weight excluding hydrogens is 428 g/mol. The van der Waals surface area contributed by atoms with Crippen LogP contribution in [-0.4, -0.2) is 32.7 Å². The van der Waals surface area contributed by atoms with Crippen LogP contribution in [0, 0.1) is 0 Å². The molecule has 9 heteroatoms. The van der Waals surface area contributed by atoms with Gasteiger partial charge in [0.2, 0.25) is 12.7 Å². The number of anilines is 1. The normalized spacial score (nSPS) is 13.2. The summed E-state index contributed by atoms with van der Waals surface area (Å²) in [6, 6.07) is 18.9. The van der Waals surface area contributed by atoms with Crippen LogP contribution in [0.2, 0.25) is 0 Å². The number of aromatic nitrogens is 3. The topological polar surface area (TPSA) is 91.4 Å². The number of nitrogens with zero attached hydrogens (tertiary/aromatic N) is 3. The molecule has 1 atom stereocenters. The molecular formula is C23H20N4O4S. The summed E-state index contributed by atoms with van der Waals surface area (Å²) in [6.45, 7) is 2.48. The Morgan fingerprint density at radius 3 is 2.75 bits per heavy atom. The van der Waals surface area contributed by atoms with Gasteiger partial charge in [-0.2, -0.15) is 0 Å². The minimum Gasteiger partial charge on any atom is -0.467 e. The maximum atomic E-state index is 12.8. The van der Waals surface area contributed by atoms with E-state index in [0.29, 0.717) is 34.7 Å². The molecule has 0 spiro atoms. The van der Waals surface area contributed by atoms with Gasteiger partial charge in [-0.1, -0.05) is 42.1 Å². The standard InChI is InChI=1S/C23H20N4O4S/c1-15(22(28)24-17-9-10-19-20(12-17)31-14-30-19)32-23-26-25-21(16-6-3-2-4-7-16)27(23)13-18-8-5-11-29-18/h2-12,15H,13-14H2,1H3,(H,24,28)/t15-/m1/s1. The molecule has 4 aromatic rings. The van der Waals surface area contributed by atoms with Crippen molar-refractivity contribution < 1.29 is 18.7 Å². The molecule has 0 bridgehead atoms. The number of thioether (sulfide) groups is 1. The van der Waals surface area contributed by atoms with Crippen LogP contribution in [0.25, 0.3) is 11.4 Å². The van der Waals surface area contributed by atoms with E-state index in [-0.39, 0.29) is 12.7 Å². The SMILES string of the molecule is C[C@@H](Sc1nnc(-c2ccccc2)n1Cc1ccco1)C(=O)Nc1ccc2c(c1)OCO2. The van der Waals surface area contributed by atoms with E-state index in [1.165, 1.54) is 11.8 Å². The third kappa shape index (κ3) is 4.19. The van der Waals surface area contributed by atoms with Crippen molar-refractivity contribution in [3.8, 4) is 22.9 Å². The summed E-state index contributed by atoms with van der Waals surface area (Å²) in [5.74, 6) is 2.63. The minimum absolute atomic E-state index is 0.150. The third-order valence-electron chi connectivity index (χ3n) is 4.93. The van der Waals surface area contributed by atoms with E-state index in [9.17, 15) is 4.79 Å². The van der Waals surface area contributed by atoms with Crippen LogP contribution in [0.5, 0.6) is 11.5 Å². The maximum Gasteiger partial charge on any atom is 0.237 e. The fraction of sp³-hybridized carbons (Fsp3) is 0.174. The van der Waals surface area contributed by atoms with E-state index in [1.54, 1.807) is 24.5 Å². The highest BCUT2D eigenvalue weighted by Crippen LogP contribution is 2.35. The largest absolute Gasteiger partial charge is 0.467 e. The van der Waals surface area contributed by atoms with Crippen LogP contribution in [0.1, 0.15) is 12.7 Å². The number of furan rings is 1. The van der Waals surface area contributed by atoms with Gasteiger partial charge in [-0.25, -0.2) is 0 Å². The number of hydrogen-bond acceptors (Lipinski definition) is 7. The highest BCUT2D eigenvalue weighted by Gasteiger charge is 2.22. The van der Waals surface area contributed by atoms with Gasteiger partial charge in [-0.05, 0) is 31.2 Å². The Kier molecular flexibility index (Phi) is 5.55. The monoisotopic (exact) mass is 448 g/mol. The first kappa shape index (κ1) is 20.2. The van der Waals surface area contributed by atoms with Crippen molar-refractivity contribution in [1.29, 1.82) is 0 Å². The maximum absolute atomic E-state index is 12.8. The molecule has 0 fully saturated rings. The lowest BCUT2D eigenvalue weighted by Gasteiger charge is -2.13. The second kappa shape index (κ2) is 8.80. The van der Waals surface area contributed by atoms with Crippen molar-refractivity contribution in [2.24, 2.45) is 0 Å². The summed E-state index contributed by atoms with van der Waals surface area (Å²) >= 11 is 1.34. The second-order valence-electron chi connectivity index (χ2n) is 7.16. The molecule has 1 aliphatic heterocycles. The van der Waals surface area contributed by atoms with E-state index >= 15 is 0 Å². The Labute approximate surface area is 188 Å². The van der Waals surface area contributed by atoms with Crippen LogP contribution < -0.4 is 14.8 Å². The molecule has 3 heterocycles. The lowest BCUT2D eigenvalue weighted by Crippen LogP contribution is -2.23. The Morgan fingerprint density at radius 1 is 1.09 bits per heavy atom. The molecule has 0 saturated carbocycles. The Balaban J connectivity index is 1.35.